The summed E-state index contributed by atoms with van der Waals surface area (Å²) >= 11 is 0. The van der Waals surface area contributed by atoms with E-state index < -0.39 is 5.60 Å². The zero-order chi connectivity index (χ0) is 26.0. The Morgan fingerprint density at radius 2 is 1.22 bits per heavy atom. The van der Waals surface area contributed by atoms with Crippen molar-refractivity contribution in [3.8, 4) is 0 Å². The summed E-state index contributed by atoms with van der Waals surface area (Å²) in [6.45, 7) is 8.32. The molecule has 0 aliphatic heterocycles. The van der Waals surface area contributed by atoms with Crippen LogP contribution in [0.4, 0.5) is 0 Å². The molecular formula is C33H58O3. The van der Waals surface area contributed by atoms with Crippen molar-refractivity contribution in [2.75, 3.05) is 19.8 Å². The molecule has 1 unspecified atom stereocenters. The van der Waals surface area contributed by atoms with Gasteiger partial charge in [-0.1, -0.05) is 140 Å². The second-order valence-corrected chi connectivity index (χ2v) is 10.7. The molecule has 1 atom stereocenters. The van der Waals surface area contributed by atoms with Crippen molar-refractivity contribution in [3.63, 3.8) is 0 Å². The number of hydrogen-bond donors (Lipinski definition) is 1. The van der Waals surface area contributed by atoms with Gasteiger partial charge in [-0.15, -0.1) is 6.58 Å². The smallest absolute Gasteiger partial charge is 0.0905 e. The van der Waals surface area contributed by atoms with Crippen molar-refractivity contribution >= 4 is 0 Å². The van der Waals surface area contributed by atoms with Gasteiger partial charge < -0.3 is 14.6 Å². The molecule has 0 aromatic heterocycles. The highest BCUT2D eigenvalue weighted by atomic mass is 16.5. The molecule has 3 heteroatoms. The molecule has 1 rings (SSSR count). The first-order chi connectivity index (χ1) is 17.7. The van der Waals surface area contributed by atoms with Crippen LogP contribution < -0.4 is 0 Å². The molecule has 0 saturated carbocycles. The Labute approximate surface area is 224 Å². The van der Waals surface area contributed by atoms with Crippen molar-refractivity contribution in [2.24, 2.45) is 0 Å². The number of allylic oxidation sites excluding steroid dienone is 1. The number of rotatable bonds is 27. The summed E-state index contributed by atoms with van der Waals surface area (Å²) < 4.78 is 11.7. The first kappa shape index (κ1) is 32.9. The van der Waals surface area contributed by atoms with Gasteiger partial charge in [-0.2, -0.15) is 0 Å². The third-order valence-corrected chi connectivity index (χ3v) is 7.15. The molecule has 0 bridgehead atoms. The second-order valence-electron chi connectivity index (χ2n) is 10.7. The minimum atomic E-state index is -0.833. The van der Waals surface area contributed by atoms with E-state index in [2.05, 4.69) is 25.6 Å². The minimum Gasteiger partial charge on any atom is -0.387 e. The molecule has 0 heterocycles. The van der Waals surface area contributed by atoms with E-state index >= 15 is 0 Å². The molecule has 208 valence electrons. The van der Waals surface area contributed by atoms with Crippen LogP contribution in [0.15, 0.2) is 43.0 Å². The highest BCUT2D eigenvalue weighted by molar-refractivity contribution is 5.13. The number of hydrogen-bond acceptors (Lipinski definition) is 3. The first-order valence-electron chi connectivity index (χ1n) is 15.2. The lowest BCUT2D eigenvalue weighted by atomic mass is 9.95. The minimum absolute atomic E-state index is 0.383. The van der Waals surface area contributed by atoms with E-state index in [0.717, 1.165) is 25.0 Å². The quantitative estimate of drug-likeness (QED) is 0.0961. The third kappa shape index (κ3) is 20.0. The molecule has 0 amide bonds. The molecule has 0 aliphatic carbocycles. The Bertz CT molecular complexity index is 588. The van der Waals surface area contributed by atoms with Crippen LogP contribution in [0.25, 0.3) is 0 Å². The fourth-order valence-corrected chi connectivity index (χ4v) is 4.68. The Morgan fingerprint density at radius 3 is 1.75 bits per heavy atom. The summed E-state index contributed by atoms with van der Waals surface area (Å²) in [7, 11) is 0. The van der Waals surface area contributed by atoms with E-state index in [0.29, 0.717) is 32.7 Å². The molecule has 0 spiro atoms. The SMILES string of the molecule is C=CCCC(O)(CCOCc1ccccc1)COCCCCCCCCCCCCCCCCCC. The zero-order valence-corrected chi connectivity index (χ0v) is 23.7. The van der Waals surface area contributed by atoms with Crippen molar-refractivity contribution in [2.45, 2.75) is 141 Å². The zero-order valence-electron chi connectivity index (χ0n) is 23.7. The van der Waals surface area contributed by atoms with Crippen LogP contribution in [-0.4, -0.2) is 30.5 Å². The molecule has 0 fully saturated rings. The van der Waals surface area contributed by atoms with Crippen molar-refractivity contribution in [1.82, 2.24) is 0 Å². The van der Waals surface area contributed by atoms with Crippen LogP contribution in [0.1, 0.15) is 134 Å². The maximum absolute atomic E-state index is 11.0. The van der Waals surface area contributed by atoms with Gasteiger partial charge in [0.1, 0.15) is 0 Å². The number of ether oxygens (including phenoxy) is 2. The maximum atomic E-state index is 11.0. The van der Waals surface area contributed by atoms with Crippen molar-refractivity contribution in [3.05, 3.63) is 48.6 Å². The molecule has 0 aliphatic rings. The summed E-state index contributed by atoms with van der Waals surface area (Å²) in [6.07, 6.45) is 25.9. The van der Waals surface area contributed by atoms with Crippen molar-refractivity contribution in [1.29, 1.82) is 0 Å². The van der Waals surface area contributed by atoms with Gasteiger partial charge in [-0.25, -0.2) is 0 Å². The molecule has 0 saturated heterocycles. The Morgan fingerprint density at radius 1 is 0.694 bits per heavy atom. The highest BCUT2D eigenvalue weighted by Gasteiger charge is 2.26. The summed E-state index contributed by atoms with van der Waals surface area (Å²) in [5, 5.41) is 11.0. The van der Waals surface area contributed by atoms with E-state index in [1.54, 1.807) is 0 Å². The standard InChI is InChI=1S/C33H58O3/c1-3-5-7-8-9-10-11-12-13-14-15-16-17-18-19-23-28-36-31-33(34,26-6-4-2)27-29-35-30-32-24-21-20-22-25-32/h4,20-22,24-25,34H,2-3,5-19,23,26-31H2,1H3. The van der Waals surface area contributed by atoms with Gasteiger partial charge in [0.05, 0.1) is 18.8 Å². The number of aliphatic hydroxyl groups is 1. The fourth-order valence-electron chi connectivity index (χ4n) is 4.68. The van der Waals surface area contributed by atoms with E-state index in [1.165, 1.54) is 96.3 Å². The van der Waals surface area contributed by atoms with E-state index in [4.69, 9.17) is 9.47 Å². The van der Waals surface area contributed by atoms with Crippen LogP contribution in [0.3, 0.4) is 0 Å². The number of unbranched alkanes of at least 4 members (excludes halogenated alkanes) is 15. The largest absolute Gasteiger partial charge is 0.387 e. The lowest BCUT2D eigenvalue weighted by Gasteiger charge is -2.27. The van der Waals surface area contributed by atoms with Gasteiger partial charge in [-0.05, 0) is 24.8 Å². The fraction of sp³-hybridized carbons (Fsp3) is 0.758. The van der Waals surface area contributed by atoms with E-state index in [9.17, 15) is 5.11 Å². The second kappa shape index (κ2) is 24.2. The van der Waals surface area contributed by atoms with Gasteiger partial charge in [0.15, 0.2) is 0 Å². The van der Waals surface area contributed by atoms with Crippen LogP contribution in [0.2, 0.25) is 0 Å². The Kier molecular flexibility index (Phi) is 22.1. The summed E-state index contributed by atoms with van der Waals surface area (Å²) in [4.78, 5) is 0. The normalized spacial score (nSPS) is 13.1. The third-order valence-electron chi connectivity index (χ3n) is 7.15. The Balaban J connectivity index is 1.94. The van der Waals surface area contributed by atoms with Crippen LogP contribution in [0, 0.1) is 0 Å². The van der Waals surface area contributed by atoms with Crippen LogP contribution >= 0.6 is 0 Å². The van der Waals surface area contributed by atoms with E-state index in [-0.39, 0.29) is 0 Å². The topological polar surface area (TPSA) is 38.7 Å². The van der Waals surface area contributed by atoms with Gasteiger partial charge in [-0.3, -0.25) is 0 Å². The maximum Gasteiger partial charge on any atom is 0.0905 e. The summed E-state index contributed by atoms with van der Waals surface area (Å²) in [5.74, 6) is 0. The molecular weight excluding hydrogens is 444 g/mol. The van der Waals surface area contributed by atoms with Crippen molar-refractivity contribution < 1.29 is 14.6 Å². The average Bonchev–Trinajstić information content (AvgIpc) is 2.90. The predicted molar refractivity (Wildman–Crippen MR) is 155 cm³/mol. The summed E-state index contributed by atoms with van der Waals surface area (Å²) in [6, 6.07) is 10.2. The summed E-state index contributed by atoms with van der Waals surface area (Å²) in [5.41, 5.74) is 0.326. The van der Waals surface area contributed by atoms with Gasteiger partial charge in [0.2, 0.25) is 0 Å². The lowest BCUT2D eigenvalue weighted by molar-refractivity contribution is -0.0713. The highest BCUT2D eigenvalue weighted by Crippen LogP contribution is 2.20. The van der Waals surface area contributed by atoms with Gasteiger partial charge in [0.25, 0.3) is 0 Å². The van der Waals surface area contributed by atoms with E-state index in [1.807, 2.05) is 24.3 Å². The Hall–Kier alpha value is -1.16. The van der Waals surface area contributed by atoms with Crippen LogP contribution in [-0.2, 0) is 16.1 Å². The molecule has 1 aromatic rings. The molecule has 0 radical (unpaired) electrons. The number of benzene rings is 1. The van der Waals surface area contributed by atoms with Crippen LogP contribution in [0.5, 0.6) is 0 Å². The monoisotopic (exact) mass is 502 g/mol. The van der Waals surface area contributed by atoms with Gasteiger partial charge >= 0.3 is 0 Å². The lowest BCUT2D eigenvalue weighted by Crippen LogP contribution is -2.36. The average molecular weight is 503 g/mol. The molecule has 36 heavy (non-hydrogen) atoms. The molecule has 1 aromatic carbocycles. The molecule has 1 N–H and O–H groups in total. The predicted octanol–water partition coefficient (Wildman–Crippen LogP) is 9.57. The molecule has 3 nitrogen and oxygen atoms in total. The first-order valence-corrected chi connectivity index (χ1v) is 15.2. The van der Waals surface area contributed by atoms with Gasteiger partial charge in [0, 0.05) is 19.6 Å².